The number of fused-ring (bicyclic) bond motifs is 1. The number of hydrogen-bond acceptors (Lipinski definition) is 6. The number of hydrogen-bond donors (Lipinski definition) is 0. The summed E-state index contributed by atoms with van der Waals surface area (Å²) in [5.74, 6) is -0.502. The van der Waals surface area contributed by atoms with Gasteiger partial charge in [-0.2, -0.15) is 18.9 Å². The number of alkyl halides is 2. The van der Waals surface area contributed by atoms with Crippen LogP contribution in [0, 0.1) is 12.7 Å². The maximum Gasteiger partial charge on any atom is 0.387 e. The fourth-order valence-electron chi connectivity index (χ4n) is 2.64. The minimum absolute atomic E-state index is 0.249. The molecule has 0 fully saturated rings. The van der Waals surface area contributed by atoms with Crippen LogP contribution in [0.1, 0.15) is 11.7 Å². The van der Waals surface area contributed by atoms with Gasteiger partial charge in [-0.15, -0.1) is 0 Å². The monoisotopic (exact) mass is 375 g/mol. The van der Waals surface area contributed by atoms with Crippen LogP contribution < -0.4 is 4.74 Å². The van der Waals surface area contributed by atoms with E-state index >= 15 is 0 Å². The lowest BCUT2D eigenvalue weighted by Crippen LogP contribution is -2.04. The van der Waals surface area contributed by atoms with Crippen molar-refractivity contribution < 1.29 is 22.4 Å². The number of pyridine rings is 1. The van der Waals surface area contributed by atoms with Crippen molar-refractivity contribution in [1.82, 2.24) is 24.9 Å². The molecule has 3 aromatic heterocycles. The van der Waals surface area contributed by atoms with Gasteiger partial charge in [0, 0.05) is 11.8 Å². The molecule has 0 aliphatic heterocycles. The molecule has 0 atom stereocenters. The molecule has 4 aromatic rings. The predicted molar refractivity (Wildman–Crippen MR) is 87.7 cm³/mol. The van der Waals surface area contributed by atoms with Crippen LogP contribution in [0.5, 0.6) is 5.75 Å². The van der Waals surface area contributed by atoms with Gasteiger partial charge in [0.2, 0.25) is 5.89 Å². The minimum atomic E-state index is -3.12. The van der Waals surface area contributed by atoms with Crippen LogP contribution in [-0.2, 0) is 6.54 Å². The number of ether oxygens (including phenoxy) is 1. The zero-order valence-corrected chi connectivity index (χ0v) is 13.9. The smallest absolute Gasteiger partial charge is 0.387 e. The van der Waals surface area contributed by atoms with Crippen LogP contribution in [-0.4, -0.2) is 31.5 Å². The Labute approximate surface area is 150 Å². The third-order valence-corrected chi connectivity index (χ3v) is 3.83. The lowest BCUT2D eigenvalue weighted by atomic mass is 10.1. The predicted octanol–water partition coefficient (Wildman–Crippen LogP) is 3.58. The Bertz CT molecular complexity index is 1110. The average molecular weight is 375 g/mol. The van der Waals surface area contributed by atoms with Crippen molar-refractivity contribution in [3.8, 4) is 16.9 Å². The zero-order valence-electron chi connectivity index (χ0n) is 13.9. The molecule has 0 unspecified atom stereocenters. The summed E-state index contributed by atoms with van der Waals surface area (Å²) in [6.45, 7) is -1.16. The molecular formula is C17H12F3N5O2. The number of aryl methyl sites for hydroxylation is 1. The zero-order chi connectivity index (χ0) is 19.0. The number of benzene rings is 1. The van der Waals surface area contributed by atoms with Crippen molar-refractivity contribution in [3.63, 3.8) is 0 Å². The lowest BCUT2D eigenvalue weighted by molar-refractivity contribution is -0.0521. The molecule has 0 aliphatic rings. The van der Waals surface area contributed by atoms with Gasteiger partial charge in [-0.1, -0.05) is 11.2 Å². The van der Waals surface area contributed by atoms with Gasteiger partial charge < -0.3 is 9.26 Å². The maximum atomic E-state index is 13.6. The highest BCUT2D eigenvalue weighted by Crippen LogP contribution is 2.29. The van der Waals surface area contributed by atoms with E-state index in [1.807, 2.05) is 0 Å². The summed E-state index contributed by atoms with van der Waals surface area (Å²) in [7, 11) is 0. The molecule has 10 heteroatoms. The number of rotatable bonds is 5. The maximum absolute atomic E-state index is 13.6. The normalized spacial score (nSPS) is 11.4. The summed E-state index contributed by atoms with van der Waals surface area (Å²) in [4.78, 5) is 8.44. The third-order valence-electron chi connectivity index (χ3n) is 3.83. The van der Waals surface area contributed by atoms with Gasteiger partial charge in [-0.05, 0) is 30.7 Å². The second kappa shape index (κ2) is 6.71. The lowest BCUT2D eigenvalue weighted by Gasteiger charge is -2.08. The molecule has 4 rings (SSSR count). The van der Waals surface area contributed by atoms with Crippen molar-refractivity contribution >= 4 is 11.0 Å². The first-order chi connectivity index (χ1) is 13.0. The Morgan fingerprint density at radius 2 is 2.04 bits per heavy atom. The fourth-order valence-corrected chi connectivity index (χ4v) is 2.64. The Morgan fingerprint density at radius 1 is 1.19 bits per heavy atom. The molecular weight excluding hydrogens is 363 g/mol. The Morgan fingerprint density at radius 3 is 2.78 bits per heavy atom. The van der Waals surface area contributed by atoms with Gasteiger partial charge >= 0.3 is 6.61 Å². The van der Waals surface area contributed by atoms with Gasteiger partial charge in [0.05, 0.1) is 11.7 Å². The minimum Gasteiger partial charge on any atom is -0.432 e. The van der Waals surface area contributed by atoms with E-state index in [1.165, 1.54) is 12.1 Å². The van der Waals surface area contributed by atoms with Crippen LogP contribution in [0.25, 0.3) is 22.2 Å². The Balaban J connectivity index is 1.72. The van der Waals surface area contributed by atoms with E-state index < -0.39 is 18.2 Å². The van der Waals surface area contributed by atoms with Gasteiger partial charge in [0.25, 0.3) is 0 Å². The first kappa shape index (κ1) is 17.0. The first-order valence-electron chi connectivity index (χ1n) is 7.85. The molecule has 3 heterocycles. The topological polar surface area (TPSA) is 78.9 Å². The molecule has 1 aromatic carbocycles. The summed E-state index contributed by atoms with van der Waals surface area (Å²) in [6, 6.07) is 5.48. The van der Waals surface area contributed by atoms with Crippen molar-refractivity contribution in [3.05, 3.63) is 54.2 Å². The molecule has 0 aliphatic carbocycles. The quantitative estimate of drug-likeness (QED) is 0.531. The molecule has 7 nitrogen and oxygen atoms in total. The third kappa shape index (κ3) is 3.46. The Hall–Kier alpha value is -3.43. The van der Waals surface area contributed by atoms with Crippen molar-refractivity contribution in [2.24, 2.45) is 0 Å². The largest absolute Gasteiger partial charge is 0.432 e. The van der Waals surface area contributed by atoms with Crippen LogP contribution >= 0.6 is 0 Å². The van der Waals surface area contributed by atoms with E-state index in [2.05, 4.69) is 25.0 Å². The van der Waals surface area contributed by atoms with Gasteiger partial charge in [0.15, 0.2) is 17.4 Å². The number of halogens is 3. The molecule has 0 spiro atoms. The Kier molecular flexibility index (Phi) is 4.22. The van der Waals surface area contributed by atoms with Crippen LogP contribution in [0.15, 0.2) is 41.2 Å². The molecule has 0 saturated carbocycles. The fraction of sp³-hybridized carbons (Fsp3) is 0.176. The van der Waals surface area contributed by atoms with E-state index in [4.69, 9.17) is 4.52 Å². The molecule has 0 saturated heterocycles. The molecule has 0 bridgehead atoms. The van der Waals surface area contributed by atoms with Gasteiger partial charge in [-0.25, -0.2) is 4.39 Å². The second-order valence-corrected chi connectivity index (χ2v) is 5.69. The molecule has 0 radical (unpaired) electrons. The summed E-state index contributed by atoms with van der Waals surface area (Å²) < 4.78 is 49.4. The van der Waals surface area contributed by atoms with E-state index in [-0.39, 0.29) is 6.54 Å². The van der Waals surface area contributed by atoms with Gasteiger partial charge in [-0.3, -0.25) is 9.67 Å². The van der Waals surface area contributed by atoms with E-state index in [1.54, 1.807) is 30.1 Å². The van der Waals surface area contributed by atoms with E-state index in [9.17, 15) is 13.2 Å². The number of nitrogens with zero attached hydrogens (tertiary/aromatic N) is 5. The second-order valence-electron chi connectivity index (χ2n) is 5.69. The van der Waals surface area contributed by atoms with Crippen molar-refractivity contribution in [1.29, 1.82) is 0 Å². The summed E-state index contributed by atoms with van der Waals surface area (Å²) in [5.41, 5.74) is 2.36. The SMILES string of the molecule is Cc1noc(Cn2ncc3ncc(-c4ccc(F)c(OC(F)F)c4)cc32)n1. The summed E-state index contributed by atoms with van der Waals surface area (Å²) in [6.07, 6.45) is 3.13. The molecule has 0 amide bonds. The van der Waals surface area contributed by atoms with E-state index in [0.29, 0.717) is 33.9 Å². The summed E-state index contributed by atoms with van der Waals surface area (Å²) in [5, 5.41) is 7.98. The molecule has 0 N–H and O–H groups in total. The average Bonchev–Trinajstić information content (AvgIpc) is 3.23. The standard InChI is InChI=1S/C17H12F3N5O2/c1-9-23-16(27-24-9)8-25-14-4-11(6-21-13(14)7-22-25)10-2-3-12(18)15(5-10)26-17(19)20/h2-7,17H,8H2,1H3. The van der Waals surface area contributed by atoms with Crippen LogP contribution in [0.3, 0.4) is 0 Å². The highest BCUT2D eigenvalue weighted by Gasteiger charge is 2.14. The van der Waals surface area contributed by atoms with Crippen molar-refractivity contribution in [2.75, 3.05) is 0 Å². The van der Waals surface area contributed by atoms with Crippen LogP contribution in [0.2, 0.25) is 0 Å². The highest BCUT2D eigenvalue weighted by atomic mass is 19.3. The summed E-state index contributed by atoms with van der Waals surface area (Å²) >= 11 is 0. The molecule has 27 heavy (non-hydrogen) atoms. The van der Waals surface area contributed by atoms with E-state index in [0.717, 1.165) is 6.07 Å². The van der Waals surface area contributed by atoms with Crippen molar-refractivity contribution in [2.45, 2.75) is 20.1 Å². The van der Waals surface area contributed by atoms with Gasteiger partial charge in [0.1, 0.15) is 12.1 Å². The highest BCUT2D eigenvalue weighted by molar-refractivity contribution is 5.80. The number of aromatic nitrogens is 5. The first-order valence-corrected chi connectivity index (χ1v) is 7.85. The van der Waals surface area contributed by atoms with Crippen LogP contribution in [0.4, 0.5) is 13.2 Å². The molecule has 138 valence electrons.